The molecule has 0 saturated heterocycles. The first-order valence-electron chi connectivity index (χ1n) is 6.45. The zero-order valence-corrected chi connectivity index (χ0v) is 11.7. The molecule has 100 valence electrons. The van der Waals surface area contributed by atoms with Crippen LogP contribution in [0.3, 0.4) is 0 Å². The molecule has 0 heterocycles. The second-order valence-corrected chi connectivity index (χ2v) is 4.51. The van der Waals surface area contributed by atoms with E-state index >= 15 is 0 Å². The third kappa shape index (κ3) is 3.15. The van der Waals surface area contributed by atoms with E-state index in [4.69, 9.17) is 5.73 Å². The van der Waals surface area contributed by atoms with E-state index in [1.54, 1.807) is 12.1 Å². The zero-order chi connectivity index (χ0) is 13.7. The Morgan fingerprint density at radius 2 is 2.06 bits per heavy atom. The molecule has 1 amide bonds. The molecule has 1 rings (SSSR count). The lowest BCUT2D eigenvalue weighted by Gasteiger charge is -2.29. The van der Waals surface area contributed by atoms with Gasteiger partial charge in [0.15, 0.2) is 0 Å². The van der Waals surface area contributed by atoms with Crippen LogP contribution in [0, 0.1) is 0 Å². The van der Waals surface area contributed by atoms with Gasteiger partial charge in [0.25, 0.3) is 5.91 Å². The van der Waals surface area contributed by atoms with Gasteiger partial charge in [-0.3, -0.25) is 4.79 Å². The first-order chi connectivity index (χ1) is 8.51. The Kier molecular flexibility index (Phi) is 5.01. The van der Waals surface area contributed by atoms with E-state index in [0.717, 1.165) is 12.2 Å². The quantitative estimate of drug-likeness (QED) is 0.787. The summed E-state index contributed by atoms with van der Waals surface area (Å²) in [6.07, 6.45) is 0. The van der Waals surface area contributed by atoms with Crippen molar-refractivity contribution in [3.63, 3.8) is 0 Å². The monoisotopic (exact) mass is 249 g/mol. The Hall–Kier alpha value is -1.71. The molecule has 3 N–H and O–H groups in total. The number of amides is 1. The van der Waals surface area contributed by atoms with Gasteiger partial charge in [0.1, 0.15) is 0 Å². The summed E-state index contributed by atoms with van der Waals surface area (Å²) in [5, 5.41) is 2.80. The summed E-state index contributed by atoms with van der Waals surface area (Å²) >= 11 is 0. The molecule has 0 radical (unpaired) electrons. The fourth-order valence-electron chi connectivity index (χ4n) is 2.01. The molecule has 0 aromatic heterocycles. The van der Waals surface area contributed by atoms with Crippen molar-refractivity contribution in [3.05, 3.63) is 23.8 Å². The van der Waals surface area contributed by atoms with Crippen LogP contribution in [0.4, 0.5) is 11.4 Å². The van der Waals surface area contributed by atoms with Crippen LogP contribution in [0.1, 0.15) is 38.1 Å². The highest BCUT2D eigenvalue weighted by Crippen LogP contribution is 2.26. The number of rotatable bonds is 5. The minimum atomic E-state index is -0.0569. The lowest BCUT2D eigenvalue weighted by molar-refractivity contribution is 0.0956. The first kappa shape index (κ1) is 14.4. The van der Waals surface area contributed by atoms with E-state index in [0.29, 0.717) is 23.8 Å². The molecular weight excluding hydrogens is 226 g/mol. The zero-order valence-electron chi connectivity index (χ0n) is 11.7. The van der Waals surface area contributed by atoms with Crippen LogP contribution in [0.5, 0.6) is 0 Å². The fourth-order valence-corrected chi connectivity index (χ4v) is 2.01. The smallest absolute Gasteiger partial charge is 0.251 e. The van der Waals surface area contributed by atoms with Crippen LogP contribution in [0.25, 0.3) is 0 Å². The summed E-state index contributed by atoms with van der Waals surface area (Å²) in [7, 11) is 0. The van der Waals surface area contributed by atoms with Crippen LogP contribution >= 0.6 is 0 Å². The summed E-state index contributed by atoms with van der Waals surface area (Å²) in [5.74, 6) is -0.0569. The molecule has 0 fully saturated rings. The second-order valence-electron chi connectivity index (χ2n) is 4.51. The highest BCUT2D eigenvalue weighted by Gasteiger charge is 2.14. The topological polar surface area (TPSA) is 58.4 Å². The van der Waals surface area contributed by atoms with Crippen molar-refractivity contribution < 1.29 is 4.79 Å². The second kappa shape index (κ2) is 6.28. The molecule has 0 saturated carbocycles. The molecule has 0 aliphatic carbocycles. The van der Waals surface area contributed by atoms with Crippen molar-refractivity contribution in [2.24, 2.45) is 0 Å². The highest BCUT2D eigenvalue weighted by atomic mass is 16.1. The number of nitrogens with zero attached hydrogens (tertiary/aromatic N) is 1. The van der Waals surface area contributed by atoms with Gasteiger partial charge >= 0.3 is 0 Å². The van der Waals surface area contributed by atoms with E-state index < -0.39 is 0 Å². The molecule has 4 nitrogen and oxygen atoms in total. The summed E-state index contributed by atoms with van der Waals surface area (Å²) in [6.45, 7) is 9.70. The number of benzene rings is 1. The van der Waals surface area contributed by atoms with E-state index in [9.17, 15) is 4.79 Å². The normalized spacial score (nSPS) is 10.5. The SMILES string of the molecule is CCNC(=O)c1ccc(N)c(N(CC)C(C)C)c1. The third-order valence-electron chi connectivity index (χ3n) is 2.90. The highest BCUT2D eigenvalue weighted by molar-refractivity contribution is 5.96. The molecule has 18 heavy (non-hydrogen) atoms. The molecule has 1 aromatic carbocycles. The average molecular weight is 249 g/mol. The Morgan fingerprint density at radius 1 is 1.39 bits per heavy atom. The van der Waals surface area contributed by atoms with Crippen molar-refractivity contribution in [1.29, 1.82) is 0 Å². The summed E-state index contributed by atoms with van der Waals surface area (Å²) in [4.78, 5) is 14.0. The summed E-state index contributed by atoms with van der Waals surface area (Å²) < 4.78 is 0. The van der Waals surface area contributed by atoms with Gasteiger partial charge in [-0.1, -0.05) is 0 Å². The standard InChI is InChI=1S/C14H23N3O/c1-5-16-14(18)11-7-8-12(15)13(9-11)17(6-2)10(3)4/h7-10H,5-6,15H2,1-4H3,(H,16,18). The molecule has 0 atom stereocenters. The largest absolute Gasteiger partial charge is 0.397 e. The molecule has 0 aliphatic rings. The lowest BCUT2D eigenvalue weighted by Crippen LogP contribution is -2.31. The maximum atomic E-state index is 11.8. The number of anilines is 2. The maximum absolute atomic E-state index is 11.8. The number of carbonyl (C=O) groups excluding carboxylic acids is 1. The molecular formula is C14H23N3O. The Morgan fingerprint density at radius 3 is 2.56 bits per heavy atom. The molecule has 0 spiro atoms. The van der Waals surface area contributed by atoms with Crippen LogP contribution in [0.2, 0.25) is 0 Å². The van der Waals surface area contributed by atoms with E-state index in [1.165, 1.54) is 0 Å². The van der Waals surface area contributed by atoms with Gasteiger partial charge in [-0.15, -0.1) is 0 Å². The van der Waals surface area contributed by atoms with Gasteiger partial charge < -0.3 is 16.0 Å². The number of hydrogen-bond acceptors (Lipinski definition) is 3. The van der Waals surface area contributed by atoms with Gasteiger partial charge in [-0.25, -0.2) is 0 Å². The molecule has 1 aromatic rings. The van der Waals surface area contributed by atoms with Crippen LogP contribution in [-0.4, -0.2) is 25.0 Å². The minimum absolute atomic E-state index is 0.0569. The molecule has 4 heteroatoms. The molecule has 0 aliphatic heterocycles. The Balaban J connectivity index is 3.11. The van der Waals surface area contributed by atoms with Crippen molar-refractivity contribution >= 4 is 17.3 Å². The Bertz CT molecular complexity index is 416. The van der Waals surface area contributed by atoms with E-state index in [1.807, 2.05) is 13.0 Å². The summed E-state index contributed by atoms with van der Waals surface area (Å²) in [6, 6.07) is 5.77. The first-order valence-corrected chi connectivity index (χ1v) is 6.45. The van der Waals surface area contributed by atoms with Crippen LogP contribution in [-0.2, 0) is 0 Å². The average Bonchev–Trinajstić information content (AvgIpc) is 2.32. The maximum Gasteiger partial charge on any atom is 0.251 e. The van der Waals surface area contributed by atoms with Crippen molar-refractivity contribution in [1.82, 2.24) is 5.32 Å². The predicted molar refractivity (Wildman–Crippen MR) is 77.0 cm³/mol. The minimum Gasteiger partial charge on any atom is -0.397 e. The van der Waals surface area contributed by atoms with Crippen molar-refractivity contribution in [3.8, 4) is 0 Å². The van der Waals surface area contributed by atoms with Gasteiger partial charge in [0.2, 0.25) is 0 Å². The third-order valence-corrected chi connectivity index (χ3v) is 2.90. The van der Waals surface area contributed by atoms with E-state index in [2.05, 4.69) is 31.0 Å². The van der Waals surface area contributed by atoms with Crippen LogP contribution in [0.15, 0.2) is 18.2 Å². The number of hydrogen-bond donors (Lipinski definition) is 2. The Labute approximate surface area is 109 Å². The van der Waals surface area contributed by atoms with Crippen molar-refractivity contribution in [2.45, 2.75) is 33.7 Å². The fraction of sp³-hybridized carbons (Fsp3) is 0.500. The van der Waals surface area contributed by atoms with Gasteiger partial charge in [-0.2, -0.15) is 0 Å². The predicted octanol–water partition coefficient (Wildman–Crippen LogP) is 2.25. The van der Waals surface area contributed by atoms with Gasteiger partial charge in [0.05, 0.1) is 11.4 Å². The molecule has 0 bridgehead atoms. The van der Waals surface area contributed by atoms with E-state index in [-0.39, 0.29) is 5.91 Å². The van der Waals surface area contributed by atoms with Gasteiger partial charge in [0, 0.05) is 24.7 Å². The number of nitrogen functional groups attached to an aromatic ring is 1. The molecule has 0 unspecified atom stereocenters. The number of nitrogens with one attached hydrogen (secondary N) is 1. The van der Waals surface area contributed by atoms with Crippen molar-refractivity contribution in [2.75, 3.05) is 23.7 Å². The number of carbonyl (C=O) groups is 1. The lowest BCUT2D eigenvalue weighted by atomic mass is 10.1. The van der Waals surface area contributed by atoms with Crippen LogP contribution < -0.4 is 16.0 Å². The van der Waals surface area contributed by atoms with Gasteiger partial charge in [-0.05, 0) is 45.9 Å². The summed E-state index contributed by atoms with van der Waals surface area (Å²) in [5.41, 5.74) is 8.29. The number of nitrogens with two attached hydrogens (primary N) is 1.